The van der Waals surface area contributed by atoms with E-state index in [0.717, 1.165) is 6.08 Å². The molecule has 0 saturated carbocycles. The lowest BCUT2D eigenvalue weighted by molar-refractivity contribution is -0.137. The van der Waals surface area contributed by atoms with E-state index in [9.17, 15) is 14.0 Å². The number of benzene rings is 1. The average molecular weight is 222 g/mol. The van der Waals surface area contributed by atoms with E-state index < -0.39 is 11.8 Å². The molecule has 84 valence electrons. The fourth-order valence-electron chi connectivity index (χ4n) is 1.17. The Morgan fingerprint density at radius 2 is 2.25 bits per heavy atom. The Morgan fingerprint density at radius 1 is 1.50 bits per heavy atom. The van der Waals surface area contributed by atoms with E-state index in [1.54, 1.807) is 13.0 Å². The molecule has 0 bridgehead atoms. The van der Waals surface area contributed by atoms with Crippen molar-refractivity contribution in [3.8, 4) is 0 Å². The molecule has 0 unspecified atom stereocenters. The highest BCUT2D eigenvalue weighted by atomic mass is 19.1. The van der Waals surface area contributed by atoms with Gasteiger partial charge in [0.2, 0.25) is 0 Å². The maximum Gasteiger partial charge on any atom is 0.330 e. The van der Waals surface area contributed by atoms with E-state index in [0.29, 0.717) is 11.8 Å². The molecule has 0 N–H and O–H groups in total. The molecule has 1 rings (SSSR count). The van der Waals surface area contributed by atoms with Gasteiger partial charge in [-0.1, -0.05) is 12.1 Å². The molecule has 0 aromatic heterocycles. The summed E-state index contributed by atoms with van der Waals surface area (Å²) < 4.78 is 17.8. The van der Waals surface area contributed by atoms with E-state index >= 15 is 0 Å². The maximum absolute atomic E-state index is 13.1. The Hall–Kier alpha value is -1.97. The Bertz CT molecular complexity index is 424. The number of carbonyl (C=O) groups is 2. The zero-order valence-electron chi connectivity index (χ0n) is 8.77. The molecule has 4 heteroatoms. The molecule has 16 heavy (non-hydrogen) atoms. The van der Waals surface area contributed by atoms with E-state index in [1.165, 1.54) is 18.2 Å². The van der Waals surface area contributed by atoms with Crippen molar-refractivity contribution in [2.24, 2.45) is 0 Å². The molecule has 0 heterocycles. The first-order chi connectivity index (χ1) is 7.69. The Morgan fingerprint density at radius 3 is 2.88 bits per heavy atom. The van der Waals surface area contributed by atoms with Gasteiger partial charge < -0.3 is 4.74 Å². The summed E-state index contributed by atoms with van der Waals surface area (Å²) in [6, 6.07) is 4.20. The van der Waals surface area contributed by atoms with Crippen LogP contribution in [0.3, 0.4) is 0 Å². The number of aldehydes is 1. The van der Waals surface area contributed by atoms with Crippen molar-refractivity contribution in [3.05, 3.63) is 41.2 Å². The minimum absolute atomic E-state index is 0.0666. The molecule has 0 fully saturated rings. The fraction of sp³-hybridized carbons (Fsp3) is 0.167. The van der Waals surface area contributed by atoms with Gasteiger partial charge in [0.15, 0.2) is 6.29 Å². The van der Waals surface area contributed by atoms with E-state index in [4.69, 9.17) is 0 Å². The monoisotopic (exact) mass is 222 g/mol. The van der Waals surface area contributed by atoms with Crippen LogP contribution in [0.1, 0.15) is 22.8 Å². The lowest BCUT2D eigenvalue weighted by atomic mass is 10.1. The third kappa shape index (κ3) is 3.02. The summed E-state index contributed by atoms with van der Waals surface area (Å²) in [6.07, 6.45) is 2.93. The summed E-state index contributed by atoms with van der Waals surface area (Å²) in [5.41, 5.74) is 0.283. The van der Waals surface area contributed by atoms with Crippen LogP contribution < -0.4 is 0 Å². The summed E-state index contributed by atoms with van der Waals surface area (Å²) in [5.74, 6) is -1.13. The van der Waals surface area contributed by atoms with Gasteiger partial charge in [-0.05, 0) is 24.6 Å². The van der Waals surface area contributed by atoms with Gasteiger partial charge in [0, 0.05) is 6.08 Å². The highest BCUT2D eigenvalue weighted by Gasteiger charge is 2.04. The van der Waals surface area contributed by atoms with Crippen LogP contribution in [0, 0.1) is 5.82 Å². The predicted molar refractivity (Wildman–Crippen MR) is 57.5 cm³/mol. The zero-order valence-corrected chi connectivity index (χ0v) is 8.77. The lowest BCUT2D eigenvalue weighted by Gasteiger charge is -2.00. The molecule has 1 aromatic carbocycles. The molecular formula is C12H11FO3. The molecule has 0 aliphatic carbocycles. The van der Waals surface area contributed by atoms with Crippen LogP contribution in [0.2, 0.25) is 0 Å². The highest BCUT2D eigenvalue weighted by Crippen LogP contribution is 2.12. The predicted octanol–water partition coefficient (Wildman–Crippen LogP) is 2.21. The molecule has 3 nitrogen and oxygen atoms in total. The largest absolute Gasteiger partial charge is 0.463 e. The van der Waals surface area contributed by atoms with Crippen molar-refractivity contribution in [2.45, 2.75) is 6.92 Å². The molecule has 0 aliphatic heterocycles. The third-order valence-electron chi connectivity index (χ3n) is 1.89. The summed E-state index contributed by atoms with van der Waals surface area (Å²) in [4.78, 5) is 21.6. The fourth-order valence-corrected chi connectivity index (χ4v) is 1.17. The van der Waals surface area contributed by atoms with E-state index in [2.05, 4.69) is 4.74 Å². The number of carbonyl (C=O) groups excluding carboxylic acids is 2. The second-order valence-corrected chi connectivity index (χ2v) is 2.95. The second-order valence-electron chi connectivity index (χ2n) is 2.95. The molecule has 0 atom stereocenters. The summed E-state index contributed by atoms with van der Waals surface area (Å²) >= 11 is 0. The van der Waals surface area contributed by atoms with Gasteiger partial charge in [0.05, 0.1) is 12.2 Å². The van der Waals surface area contributed by atoms with E-state index in [1.807, 2.05) is 0 Å². The first-order valence-electron chi connectivity index (χ1n) is 4.77. The molecule has 0 aliphatic rings. The molecular weight excluding hydrogens is 211 g/mol. The summed E-state index contributed by atoms with van der Waals surface area (Å²) in [5, 5.41) is 0. The van der Waals surface area contributed by atoms with Gasteiger partial charge in [-0.2, -0.15) is 0 Å². The Balaban J connectivity index is 2.93. The van der Waals surface area contributed by atoms with Crippen molar-refractivity contribution in [3.63, 3.8) is 0 Å². The maximum atomic E-state index is 13.1. The number of halogens is 1. The van der Waals surface area contributed by atoms with Crippen molar-refractivity contribution >= 4 is 18.3 Å². The van der Waals surface area contributed by atoms with Crippen molar-refractivity contribution in [1.82, 2.24) is 0 Å². The quantitative estimate of drug-likeness (QED) is 0.445. The minimum Gasteiger partial charge on any atom is -0.463 e. The number of ether oxygens (including phenoxy) is 1. The first kappa shape index (κ1) is 12.1. The number of hydrogen-bond acceptors (Lipinski definition) is 3. The standard InChI is InChI=1S/C12H11FO3/c1-2-16-12(15)7-6-9-4-3-5-11(13)10(9)8-14/h3-8H,2H2,1H3. The van der Waals surface area contributed by atoms with Crippen LogP contribution in [0.5, 0.6) is 0 Å². The number of rotatable bonds is 4. The van der Waals surface area contributed by atoms with E-state index in [-0.39, 0.29) is 12.2 Å². The zero-order chi connectivity index (χ0) is 12.0. The van der Waals surface area contributed by atoms with Crippen LogP contribution in [0.25, 0.3) is 6.08 Å². The van der Waals surface area contributed by atoms with Gasteiger partial charge in [0.25, 0.3) is 0 Å². The second kappa shape index (κ2) is 5.80. The molecule has 0 radical (unpaired) electrons. The van der Waals surface area contributed by atoms with Gasteiger partial charge in [0.1, 0.15) is 5.82 Å². The minimum atomic E-state index is -0.610. The van der Waals surface area contributed by atoms with Crippen LogP contribution in [-0.2, 0) is 9.53 Å². The first-order valence-corrected chi connectivity index (χ1v) is 4.77. The summed E-state index contributed by atoms with van der Waals surface area (Å²) in [7, 11) is 0. The van der Waals surface area contributed by atoms with Gasteiger partial charge in [-0.15, -0.1) is 0 Å². The average Bonchev–Trinajstić information content (AvgIpc) is 2.27. The highest BCUT2D eigenvalue weighted by molar-refractivity contribution is 5.90. The van der Waals surface area contributed by atoms with Crippen LogP contribution >= 0.6 is 0 Å². The Labute approximate surface area is 92.5 Å². The number of hydrogen-bond donors (Lipinski definition) is 0. The normalized spacial score (nSPS) is 10.4. The van der Waals surface area contributed by atoms with Crippen molar-refractivity contribution in [2.75, 3.05) is 6.61 Å². The van der Waals surface area contributed by atoms with Crippen molar-refractivity contribution < 1.29 is 18.7 Å². The van der Waals surface area contributed by atoms with Crippen LogP contribution in [0.15, 0.2) is 24.3 Å². The molecule has 0 saturated heterocycles. The van der Waals surface area contributed by atoms with Gasteiger partial charge in [-0.3, -0.25) is 4.79 Å². The molecule has 1 aromatic rings. The third-order valence-corrected chi connectivity index (χ3v) is 1.89. The molecule has 0 spiro atoms. The smallest absolute Gasteiger partial charge is 0.330 e. The van der Waals surface area contributed by atoms with Crippen LogP contribution in [0.4, 0.5) is 4.39 Å². The van der Waals surface area contributed by atoms with Crippen molar-refractivity contribution in [1.29, 1.82) is 0 Å². The molecule has 0 amide bonds. The van der Waals surface area contributed by atoms with Gasteiger partial charge in [-0.25, -0.2) is 9.18 Å². The van der Waals surface area contributed by atoms with Crippen LogP contribution in [-0.4, -0.2) is 18.9 Å². The Kier molecular flexibility index (Phi) is 4.39. The van der Waals surface area contributed by atoms with Gasteiger partial charge >= 0.3 is 5.97 Å². The lowest BCUT2D eigenvalue weighted by Crippen LogP contribution is -1.99. The topological polar surface area (TPSA) is 43.4 Å². The number of esters is 1. The summed E-state index contributed by atoms with van der Waals surface area (Å²) in [6.45, 7) is 1.96. The SMILES string of the molecule is CCOC(=O)C=Cc1cccc(F)c1C=O.